The summed E-state index contributed by atoms with van der Waals surface area (Å²) in [6, 6.07) is 0. The molecule has 0 aromatic carbocycles. The van der Waals surface area contributed by atoms with Crippen LogP contribution >= 0.6 is 0 Å². The molecule has 5 heteroatoms. The van der Waals surface area contributed by atoms with Crippen LogP contribution in [-0.2, 0) is 10.2 Å². The molecule has 0 amide bonds. The van der Waals surface area contributed by atoms with E-state index in [0.717, 1.165) is 6.42 Å². The van der Waals surface area contributed by atoms with Crippen molar-refractivity contribution < 1.29 is 8.42 Å². The first-order chi connectivity index (χ1) is 4.71. The van der Waals surface area contributed by atoms with Crippen LogP contribution in [0.4, 0.5) is 0 Å². The molecule has 4 nitrogen and oxygen atoms in total. The first-order valence-electron chi connectivity index (χ1n) is 3.48. The summed E-state index contributed by atoms with van der Waals surface area (Å²) in [6.07, 6.45) is 0.781. The van der Waals surface area contributed by atoms with Gasteiger partial charge in [-0.05, 0) is 11.8 Å². The zero-order chi connectivity index (χ0) is 9.12. The summed E-state index contributed by atoms with van der Waals surface area (Å²) < 4.78 is 23.0. The molecule has 0 spiro atoms. The predicted molar refractivity (Wildman–Crippen MR) is 45.2 cm³/mol. The first kappa shape index (κ1) is 10.9. The third kappa shape index (κ3) is 9.87. The molecular weight excluding hydrogens is 164 g/mol. The quantitative estimate of drug-likeness (QED) is 0.652. The Bertz CT molecular complexity index is 203. The van der Waals surface area contributed by atoms with E-state index < -0.39 is 10.2 Å². The van der Waals surface area contributed by atoms with Gasteiger partial charge in [0.2, 0.25) is 0 Å². The molecule has 0 radical (unpaired) electrons. The Morgan fingerprint density at radius 2 is 1.82 bits per heavy atom. The van der Waals surface area contributed by atoms with Gasteiger partial charge in [-0.15, -0.1) is 0 Å². The molecule has 0 heterocycles. The van der Waals surface area contributed by atoms with Crippen molar-refractivity contribution in [3.05, 3.63) is 0 Å². The number of nitrogens with one attached hydrogen (secondary N) is 1. The summed E-state index contributed by atoms with van der Waals surface area (Å²) in [5.41, 5.74) is 0.137. The van der Waals surface area contributed by atoms with Crippen LogP contribution in [0.25, 0.3) is 0 Å². The van der Waals surface area contributed by atoms with Gasteiger partial charge in [-0.1, -0.05) is 20.8 Å². The van der Waals surface area contributed by atoms with Gasteiger partial charge < -0.3 is 0 Å². The van der Waals surface area contributed by atoms with Crippen LogP contribution in [0.3, 0.4) is 0 Å². The van der Waals surface area contributed by atoms with Crippen LogP contribution < -0.4 is 9.86 Å². The molecular formula is C6H16N2O2S. The molecule has 0 saturated carbocycles. The molecule has 0 fully saturated rings. The summed E-state index contributed by atoms with van der Waals surface area (Å²) in [5.74, 6) is 0. The Labute approximate surface area is 68.3 Å². The summed E-state index contributed by atoms with van der Waals surface area (Å²) >= 11 is 0. The Morgan fingerprint density at radius 1 is 1.36 bits per heavy atom. The summed E-state index contributed by atoms with van der Waals surface area (Å²) in [5, 5.41) is 4.73. The second kappa shape index (κ2) is 3.51. The number of nitrogens with two attached hydrogens (primary N) is 1. The van der Waals surface area contributed by atoms with E-state index in [9.17, 15) is 8.42 Å². The largest absolute Gasteiger partial charge is 0.274 e. The highest BCUT2D eigenvalue weighted by Gasteiger charge is 2.10. The van der Waals surface area contributed by atoms with Crippen molar-refractivity contribution in [1.82, 2.24) is 4.72 Å². The maximum absolute atomic E-state index is 10.4. The van der Waals surface area contributed by atoms with Crippen LogP contribution in [-0.4, -0.2) is 15.0 Å². The minimum absolute atomic E-state index is 0.137. The Morgan fingerprint density at radius 3 is 2.09 bits per heavy atom. The van der Waals surface area contributed by atoms with Crippen LogP contribution in [0, 0.1) is 5.41 Å². The molecule has 68 valence electrons. The zero-order valence-electron chi connectivity index (χ0n) is 7.22. The fourth-order valence-corrected chi connectivity index (χ4v) is 0.955. The van der Waals surface area contributed by atoms with Crippen molar-refractivity contribution in [3.8, 4) is 0 Å². The normalized spacial score (nSPS) is 13.5. The lowest BCUT2D eigenvalue weighted by Gasteiger charge is -2.17. The third-order valence-corrected chi connectivity index (χ3v) is 1.78. The van der Waals surface area contributed by atoms with E-state index >= 15 is 0 Å². The van der Waals surface area contributed by atoms with Gasteiger partial charge in [-0.2, -0.15) is 8.42 Å². The van der Waals surface area contributed by atoms with E-state index in [-0.39, 0.29) is 5.41 Å². The van der Waals surface area contributed by atoms with Crippen LogP contribution in [0.5, 0.6) is 0 Å². The molecule has 0 atom stereocenters. The van der Waals surface area contributed by atoms with Crippen LogP contribution in [0.15, 0.2) is 0 Å². The van der Waals surface area contributed by atoms with Gasteiger partial charge in [0.25, 0.3) is 10.2 Å². The minimum atomic E-state index is -3.50. The van der Waals surface area contributed by atoms with E-state index in [4.69, 9.17) is 5.14 Å². The van der Waals surface area contributed by atoms with Crippen molar-refractivity contribution in [2.45, 2.75) is 27.2 Å². The zero-order valence-corrected chi connectivity index (χ0v) is 8.03. The average molecular weight is 180 g/mol. The monoisotopic (exact) mass is 180 g/mol. The van der Waals surface area contributed by atoms with Crippen LogP contribution in [0.2, 0.25) is 0 Å². The smallest absolute Gasteiger partial charge is 0.216 e. The van der Waals surface area contributed by atoms with Crippen molar-refractivity contribution in [1.29, 1.82) is 0 Å². The molecule has 0 aliphatic rings. The minimum Gasteiger partial charge on any atom is -0.216 e. The molecule has 0 rings (SSSR count). The van der Waals surface area contributed by atoms with Gasteiger partial charge in [0.1, 0.15) is 0 Å². The molecule has 0 unspecified atom stereocenters. The van der Waals surface area contributed by atoms with Gasteiger partial charge >= 0.3 is 0 Å². The second-order valence-corrected chi connectivity index (χ2v) is 5.13. The summed E-state index contributed by atoms with van der Waals surface area (Å²) in [7, 11) is -3.50. The number of hydrogen-bond acceptors (Lipinski definition) is 2. The highest BCUT2D eigenvalue weighted by atomic mass is 32.2. The fraction of sp³-hybridized carbons (Fsp3) is 1.00. The van der Waals surface area contributed by atoms with Crippen molar-refractivity contribution in [3.63, 3.8) is 0 Å². The van der Waals surface area contributed by atoms with Crippen LogP contribution in [0.1, 0.15) is 27.2 Å². The number of rotatable bonds is 3. The summed E-state index contributed by atoms with van der Waals surface area (Å²) in [4.78, 5) is 0. The molecule has 3 N–H and O–H groups in total. The second-order valence-electron chi connectivity index (χ2n) is 3.75. The van der Waals surface area contributed by atoms with Gasteiger partial charge in [0.05, 0.1) is 0 Å². The lowest BCUT2D eigenvalue weighted by Crippen LogP contribution is -2.33. The van der Waals surface area contributed by atoms with Gasteiger partial charge in [0, 0.05) is 6.54 Å². The lowest BCUT2D eigenvalue weighted by atomic mass is 9.93. The summed E-state index contributed by atoms with van der Waals surface area (Å²) in [6.45, 7) is 6.52. The van der Waals surface area contributed by atoms with Gasteiger partial charge in [-0.25, -0.2) is 9.86 Å². The molecule has 0 saturated heterocycles. The highest BCUT2D eigenvalue weighted by molar-refractivity contribution is 7.87. The molecule has 11 heavy (non-hydrogen) atoms. The molecule has 0 aromatic rings. The van der Waals surface area contributed by atoms with E-state index in [2.05, 4.69) is 4.72 Å². The van der Waals surface area contributed by atoms with Gasteiger partial charge in [-0.3, -0.25) is 0 Å². The Kier molecular flexibility index (Phi) is 3.47. The average Bonchev–Trinajstić information content (AvgIpc) is 1.55. The maximum Gasteiger partial charge on any atom is 0.274 e. The molecule has 0 bridgehead atoms. The van der Waals surface area contributed by atoms with E-state index in [0.29, 0.717) is 6.54 Å². The third-order valence-electron chi connectivity index (χ3n) is 1.18. The molecule has 0 aliphatic carbocycles. The topological polar surface area (TPSA) is 72.2 Å². The molecule has 0 aromatic heterocycles. The highest BCUT2D eigenvalue weighted by Crippen LogP contribution is 2.16. The van der Waals surface area contributed by atoms with E-state index in [1.165, 1.54) is 0 Å². The van der Waals surface area contributed by atoms with Crippen molar-refractivity contribution in [2.75, 3.05) is 6.54 Å². The Balaban J connectivity index is 3.61. The SMILES string of the molecule is CC(C)(C)CCNS(N)(=O)=O. The first-order valence-corrected chi connectivity index (χ1v) is 5.03. The predicted octanol–water partition coefficient (Wildman–Crippen LogP) is 0.216. The lowest BCUT2D eigenvalue weighted by molar-refractivity contribution is 0.378. The van der Waals surface area contributed by atoms with E-state index in [1.807, 2.05) is 20.8 Å². The van der Waals surface area contributed by atoms with E-state index in [1.54, 1.807) is 0 Å². The molecule has 0 aliphatic heterocycles. The van der Waals surface area contributed by atoms with Gasteiger partial charge in [0.15, 0.2) is 0 Å². The van der Waals surface area contributed by atoms with Crippen molar-refractivity contribution >= 4 is 10.2 Å². The standard InChI is InChI=1S/C6H16N2O2S/c1-6(2,3)4-5-8-11(7,9)10/h8H,4-5H2,1-3H3,(H2,7,9,10). The Hall–Kier alpha value is -0.130. The fourth-order valence-electron chi connectivity index (χ4n) is 0.568. The number of hydrogen-bond donors (Lipinski definition) is 2. The van der Waals surface area contributed by atoms with Crippen molar-refractivity contribution in [2.24, 2.45) is 10.6 Å². The maximum atomic E-state index is 10.4.